The third-order valence-corrected chi connectivity index (χ3v) is 8.13. The molecule has 1 spiro atoms. The molecule has 3 aliphatic carbocycles. The van der Waals surface area contributed by atoms with Crippen molar-refractivity contribution < 1.29 is 14.9 Å². The molecule has 0 amide bonds. The van der Waals surface area contributed by atoms with E-state index in [-0.39, 0.29) is 29.4 Å². The van der Waals surface area contributed by atoms with Gasteiger partial charge in [0.25, 0.3) is 0 Å². The largest absolute Gasteiger partial charge is 0.504 e. The molecule has 0 radical (unpaired) electrons. The third-order valence-electron chi connectivity index (χ3n) is 8.13. The van der Waals surface area contributed by atoms with Crippen molar-refractivity contribution in [2.45, 2.75) is 67.7 Å². The van der Waals surface area contributed by atoms with Crippen LogP contribution in [0.5, 0.6) is 11.5 Å². The number of hydrogen-bond donors (Lipinski definition) is 3. The van der Waals surface area contributed by atoms with Crippen LogP contribution >= 0.6 is 0 Å². The lowest BCUT2D eigenvalue weighted by atomic mass is 9.48. The summed E-state index contributed by atoms with van der Waals surface area (Å²) in [4.78, 5) is 2.58. The number of nitrogens with one attached hydrogen (secondary N) is 1. The van der Waals surface area contributed by atoms with Gasteiger partial charge in [-0.2, -0.15) is 0 Å². The molecule has 3 fully saturated rings. The normalized spacial score (nSPS) is 43.1. The minimum Gasteiger partial charge on any atom is -0.504 e. The molecule has 1 aromatic rings. The molecule has 2 heterocycles. The van der Waals surface area contributed by atoms with Crippen LogP contribution in [-0.4, -0.2) is 59.0 Å². The van der Waals surface area contributed by atoms with Gasteiger partial charge in [0, 0.05) is 24.2 Å². The van der Waals surface area contributed by atoms with Crippen LogP contribution in [0.15, 0.2) is 12.1 Å². The Morgan fingerprint density at radius 3 is 2.88 bits per heavy atom. The zero-order chi connectivity index (χ0) is 17.7. The number of ether oxygens (including phenoxy) is 1. The first-order chi connectivity index (χ1) is 12.6. The van der Waals surface area contributed by atoms with Crippen LogP contribution in [0.25, 0.3) is 0 Å². The molecule has 1 saturated heterocycles. The van der Waals surface area contributed by atoms with E-state index in [9.17, 15) is 10.2 Å². The highest BCUT2D eigenvalue weighted by atomic mass is 16.5. The number of likely N-dealkylation sites (tertiary alicyclic amines) is 1. The topological polar surface area (TPSA) is 65.0 Å². The van der Waals surface area contributed by atoms with E-state index in [1.807, 2.05) is 7.05 Å². The summed E-state index contributed by atoms with van der Waals surface area (Å²) in [6.45, 7) is 2.15. The van der Waals surface area contributed by atoms with Gasteiger partial charge in [-0.15, -0.1) is 0 Å². The Hall–Kier alpha value is -1.30. The van der Waals surface area contributed by atoms with Crippen LogP contribution in [0.3, 0.4) is 0 Å². The van der Waals surface area contributed by atoms with Crippen LogP contribution in [0.1, 0.15) is 43.2 Å². The number of piperidine rings is 1. The highest BCUT2D eigenvalue weighted by Crippen LogP contribution is 2.65. The first kappa shape index (κ1) is 15.7. The maximum absolute atomic E-state index is 12.2. The van der Waals surface area contributed by atoms with Gasteiger partial charge >= 0.3 is 0 Å². The number of aliphatic hydroxyl groups is 1. The number of phenols is 1. The predicted octanol–water partition coefficient (Wildman–Crippen LogP) is 1.54. The fourth-order valence-electron chi connectivity index (χ4n) is 6.78. The smallest absolute Gasteiger partial charge is 0.165 e. The summed E-state index contributed by atoms with van der Waals surface area (Å²) in [6, 6.07) is 4.23. The number of rotatable bonds is 3. The molecule has 5 nitrogen and oxygen atoms in total. The van der Waals surface area contributed by atoms with Crippen molar-refractivity contribution >= 4 is 0 Å². The number of likely N-dealkylation sites (N-methyl/N-ethyl adjacent to an activating group) is 1. The van der Waals surface area contributed by atoms with Gasteiger partial charge in [-0.05, 0) is 69.7 Å². The fraction of sp³-hybridized carbons (Fsp3) is 0.714. The molecule has 1 aromatic carbocycles. The van der Waals surface area contributed by atoms with Gasteiger partial charge in [0.2, 0.25) is 0 Å². The molecule has 26 heavy (non-hydrogen) atoms. The van der Waals surface area contributed by atoms with Gasteiger partial charge in [0.1, 0.15) is 6.10 Å². The van der Waals surface area contributed by atoms with Crippen LogP contribution in [0.4, 0.5) is 0 Å². The maximum atomic E-state index is 12.2. The van der Waals surface area contributed by atoms with Crippen molar-refractivity contribution in [2.24, 2.45) is 5.92 Å². The minimum atomic E-state index is -0.760. The van der Waals surface area contributed by atoms with Crippen LogP contribution < -0.4 is 10.1 Å². The fourth-order valence-corrected chi connectivity index (χ4v) is 6.78. The van der Waals surface area contributed by atoms with Gasteiger partial charge in [0.05, 0.1) is 11.0 Å². The lowest BCUT2D eigenvalue weighted by Gasteiger charge is -2.64. The SMILES string of the molecule is CNC1CCC2(O)C3Cc4ccc(O)c5c4C2(CCN3CC2CC2)C1O5. The van der Waals surface area contributed by atoms with Crippen molar-refractivity contribution in [1.82, 2.24) is 10.2 Å². The quantitative estimate of drug-likeness (QED) is 0.767. The summed E-state index contributed by atoms with van der Waals surface area (Å²) in [6.07, 6.45) is 6.09. The summed E-state index contributed by atoms with van der Waals surface area (Å²) < 4.78 is 6.42. The van der Waals surface area contributed by atoms with E-state index >= 15 is 0 Å². The molecule has 5 unspecified atom stereocenters. The van der Waals surface area contributed by atoms with E-state index in [1.165, 1.54) is 18.4 Å². The number of phenolic OH excluding ortho intramolecular Hbond substituents is 1. The number of aromatic hydroxyl groups is 1. The molecule has 6 rings (SSSR count). The average Bonchev–Trinajstić information content (AvgIpc) is 3.37. The summed E-state index contributed by atoms with van der Waals surface area (Å²) in [5.74, 6) is 1.69. The van der Waals surface area contributed by atoms with Gasteiger partial charge in [-0.25, -0.2) is 0 Å². The summed E-state index contributed by atoms with van der Waals surface area (Å²) >= 11 is 0. The number of benzene rings is 1. The van der Waals surface area contributed by atoms with E-state index in [0.29, 0.717) is 5.75 Å². The molecule has 5 aliphatic rings. The monoisotopic (exact) mass is 356 g/mol. The zero-order valence-corrected chi connectivity index (χ0v) is 15.4. The van der Waals surface area contributed by atoms with Gasteiger partial charge in [0.15, 0.2) is 11.5 Å². The Balaban J connectivity index is 1.55. The van der Waals surface area contributed by atoms with Gasteiger partial charge in [-0.1, -0.05) is 6.07 Å². The van der Waals surface area contributed by atoms with E-state index in [1.54, 1.807) is 6.07 Å². The zero-order valence-electron chi connectivity index (χ0n) is 15.4. The molecular formula is C21H28N2O3. The van der Waals surface area contributed by atoms with Gasteiger partial charge < -0.3 is 20.3 Å². The van der Waals surface area contributed by atoms with Gasteiger partial charge in [-0.3, -0.25) is 4.90 Å². The lowest BCUT2D eigenvalue weighted by molar-refractivity contribution is -0.191. The molecule has 5 heteroatoms. The average molecular weight is 356 g/mol. The Morgan fingerprint density at radius 2 is 2.12 bits per heavy atom. The third kappa shape index (κ3) is 1.68. The highest BCUT2D eigenvalue weighted by Gasteiger charge is 2.72. The standard InChI is InChI=1S/C21H28N2O3/c1-22-14-6-7-21(25)16-10-13-4-5-15(24)18-17(13)20(21,19(14)26-18)8-9-23(16)11-12-2-3-12/h4-5,12,14,16,19,22,24-25H,2-3,6-11H2,1H3. The van der Waals surface area contributed by atoms with Crippen LogP contribution in [0.2, 0.25) is 0 Å². The lowest BCUT2D eigenvalue weighted by Crippen LogP contribution is -2.78. The van der Waals surface area contributed by atoms with E-state index in [2.05, 4.69) is 16.3 Å². The van der Waals surface area contributed by atoms with Crippen LogP contribution in [-0.2, 0) is 11.8 Å². The first-order valence-corrected chi connectivity index (χ1v) is 10.2. The maximum Gasteiger partial charge on any atom is 0.165 e. The second-order valence-corrected chi connectivity index (χ2v) is 9.22. The summed E-state index contributed by atoms with van der Waals surface area (Å²) in [5.41, 5.74) is 1.25. The number of nitrogens with zero attached hydrogens (tertiary/aromatic N) is 1. The Kier molecular flexibility index (Phi) is 2.99. The molecular weight excluding hydrogens is 328 g/mol. The Labute approximate surface area is 154 Å². The molecule has 140 valence electrons. The van der Waals surface area contributed by atoms with E-state index in [4.69, 9.17) is 4.74 Å². The van der Waals surface area contributed by atoms with Crippen molar-refractivity contribution in [3.63, 3.8) is 0 Å². The molecule has 2 aliphatic heterocycles. The minimum absolute atomic E-state index is 0.0980. The Morgan fingerprint density at radius 1 is 1.27 bits per heavy atom. The first-order valence-electron chi connectivity index (χ1n) is 10.2. The predicted molar refractivity (Wildman–Crippen MR) is 97.6 cm³/mol. The van der Waals surface area contributed by atoms with Crippen molar-refractivity contribution in [2.75, 3.05) is 20.1 Å². The second kappa shape index (κ2) is 4.94. The molecule has 3 N–H and O–H groups in total. The van der Waals surface area contributed by atoms with Crippen LogP contribution in [0, 0.1) is 5.92 Å². The molecule has 0 aromatic heterocycles. The van der Waals surface area contributed by atoms with Crippen molar-refractivity contribution in [1.29, 1.82) is 0 Å². The molecule has 5 atom stereocenters. The second-order valence-electron chi connectivity index (χ2n) is 9.22. The molecule has 2 bridgehead atoms. The molecule has 2 saturated carbocycles. The Bertz CT molecular complexity index is 779. The highest BCUT2D eigenvalue weighted by molar-refractivity contribution is 5.62. The summed E-state index contributed by atoms with van der Waals surface area (Å²) in [7, 11) is 1.99. The van der Waals surface area contributed by atoms with Crippen molar-refractivity contribution in [3.05, 3.63) is 23.3 Å². The van der Waals surface area contributed by atoms with E-state index in [0.717, 1.165) is 50.3 Å². The van der Waals surface area contributed by atoms with E-state index < -0.39 is 5.60 Å². The van der Waals surface area contributed by atoms with Crippen molar-refractivity contribution in [3.8, 4) is 11.5 Å². The number of hydrogen-bond acceptors (Lipinski definition) is 5. The summed E-state index contributed by atoms with van der Waals surface area (Å²) in [5, 5.41) is 26.1.